The number of hydrogen-bond donors (Lipinski definition) is 0. The van der Waals surface area contributed by atoms with Crippen molar-refractivity contribution in [3.63, 3.8) is 0 Å². The largest absolute Gasteiger partial charge is 0.455 e. The van der Waals surface area contributed by atoms with E-state index >= 15 is 0 Å². The molecule has 0 aliphatic carbocycles. The number of para-hydroxylation sites is 4. The van der Waals surface area contributed by atoms with Crippen LogP contribution >= 0.6 is 0 Å². The van der Waals surface area contributed by atoms with Crippen molar-refractivity contribution in [2.45, 2.75) is 0 Å². The molecule has 0 radical (unpaired) electrons. The van der Waals surface area contributed by atoms with Crippen molar-refractivity contribution in [1.82, 2.24) is 9.97 Å². The number of nitrogens with zero attached hydrogens (tertiary/aromatic N) is 2. The molecule has 0 atom stereocenters. The number of rotatable bonds is 6. The molecular weight excluding hydrogens is 733 g/mol. The highest BCUT2D eigenvalue weighted by molar-refractivity contribution is 6.11. The predicted octanol–water partition coefficient (Wildman–Crippen LogP) is 15.4. The van der Waals surface area contributed by atoms with Gasteiger partial charge in [-0.05, 0) is 75.5 Å². The highest BCUT2D eigenvalue weighted by atomic mass is 16.3. The third-order valence-corrected chi connectivity index (χ3v) is 11.7. The van der Waals surface area contributed by atoms with Crippen LogP contribution in [0, 0.1) is 0 Å². The van der Waals surface area contributed by atoms with Gasteiger partial charge in [0.15, 0.2) is 5.82 Å². The van der Waals surface area contributed by atoms with Crippen LogP contribution in [0.3, 0.4) is 0 Å². The summed E-state index contributed by atoms with van der Waals surface area (Å²) >= 11 is 0. The summed E-state index contributed by atoms with van der Waals surface area (Å²) in [4.78, 5) is 10.6. The Morgan fingerprint density at radius 3 is 1.42 bits per heavy atom. The molecule has 4 nitrogen and oxygen atoms in total. The van der Waals surface area contributed by atoms with Crippen molar-refractivity contribution < 1.29 is 8.83 Å². The summed E-state index contributed by atoms with van der Waals surface area (Å²) in [6.07, 6.45) is 0. The SMILES string of the molecule is c1ccc(-c2ccc(-c3cc(-c4cc(-c5cccc6c5oc5ccccc56)cc(-c5cccc6c5oc5ccccc56)c4)nc(-c4ccc5ccccc5c4)n3)cc2)cc1. The minimum Gasteiger partial charge on any atom is -0.455 e. The van der Waals surface area contributed by atoms with Crippen LogP contribution in [0.5, 0.6) is 0 Å². The van der Waals surface area contributed by atoms with Gasteiger partial charge in [0.05, 0.1) is 11.4 Å². The second-order valence-corrected chi connectivity index (χ2v) is 15.3. The fraction of sp³-hybridized carbons (Fsp3) is 0. The monoisotopic (exact) mass is 766 g/mol. The third kappa shape index (κ3) is 5.77. The molecule has 3 aromatic heterocycles. The number of hydrogen-bond acceptors (Lipinski definition) is 4. The standard InChI is InChI=1S/C56H34N2O2/c1-2-12-35(13-3-1)37-24-27-38(28-25-37)50-34-51(58-56(57-50)40-29-26-36-14-4-5-15-39(36)30-40)43-32-41(44-18-10-20-48-46-16-6-8-22-52(46)59-54(44)48)31-42(33-43)45-19-11-21-49-47-17-7-9-23-53(47)60-55(45)49/h1-34H. The van der Waals surface area contributed by atoms with Crippen LogP contribution in [0.2, 0.25) is 0 Å². The highest BCUT2D eigenvalue weighted by Gasteiger charge is 2.19. The summed E-state index contributed by atoms with van der Waals surface area (Å²) in [5.41, 5.74) is 14.4. The highest BCUT2D eigenvalue weighted by Crippen LogP contribution is 2.42. The lowest BCUT2D eigenvalue weighted by atomic mass is 9.93. The Morgan fingerprint density at radius 1 is 0.283 bits per heavy atom. The zero-order valence-electron chi connectivity index (χ0n) is 32.3. The molecule has 12 aromatic rings. The summed E-state index contributed by atoms with van der Waals surface area (Å²) in [5, 5.41) is 6.66. The Morgan fingerprint density at radius 2 is 0.767 bits per heavy atom. The van der Waals surface area contributed by atoms with Gasteiger partial charge in [-0.15, -0.1) is 0 Å². The van der Waals surface area contributed by atoms with E-state index in [0.29, 0.717) is 5.82 Å². The molecule has 0 saturated carbocycles. The molecule has 60 heavy (non-hydrogen) atoms. The zero-order chi connectivity index (χ0) is 39.6. The summed E-state index contributed by atoms with van der Waals surface area (Å²) < 4.78 is 13.3. The van der Waals surface area contributed by atoms with Crippen molar-refractivity contribution in [2.75, 3.05) is 0 Å². The molecule has 0 spiro atoms. The van der Waals surface area contributed by atoms with Gasteiger partial charge in [-0.2, -0.15) is 0 Å². The van der Waals surface area contributed by atoms with Gasteiger partial charge in [-0.3, -0.25) is 0 Å². The van der Waals surface area contributed by atoms with Crippen LogP contribution in [0.1, 0.15) is 0 Å². The Bertz CT molecular complexity index is 3470. The van der Waals surface area contributed by atoms with E-state index < -0.39 is 0 Å². The van der Waals surface area contributed by atoms with Crippen LogP contribution in [0.4, 0.5) is 0 Å². The van der Waals surface area contributed by atoms with Crippen molar-refractivity contribution in [3.05, 3.63) is 206 Å². The van der Waals surface area contributed by atoms with E-state index in [-0.39, 0.29) is 0 Å². The maximum atomic E-state index is 6.63. The van der Waals surface area contributed by atoms with Gasteiger partial charge < -0.3 is 8.83 Å². The first-order chi connectivity index (χ1) is 29.7. The van der Waals surface area contributed by atoms with Crippen LogP contribution in [-0.2, 0) is 0 Å². The van der Waals surface area contributed by atoms with Gasteiger partial charge in [0.1, 0.15) is 22.3 Å². The number of fused-ring (bicyclic) bond motifs is 7. The molecule has 0 aliphatic rings. The molecule has 0 unspecified atom stereocenters. The van der Waals surface area contributed by atoms with E-state index in [1.807, 2.05) is 30.3 Å². The second-order valence-electron chi connectivity index (χ2n) is 15.3. The third-order valence-electron chi connectivity index (χ3n) is 11.7. The maximum Gasteiger partial charge on any atom is 0.160 e. The molecule has 4 heteroatoms. The van der Waals surface area contributed by atoms with Crippen molar-refractivity contribution in [1.29, 1.82) is 0 Å². The Kier molecular flexibility index (Phi) is 7.82. The first kappa shape index (κ1) is 34.0. The molecular formula is C56H34N2O2. The van der Waals surface area contributed by atoms with Gasteiger partial charge in [0.2, 0.25) is 0 Å². The quantitative estimate of drug-likeness (QED) is 0.169. The predicted molar refractivity (Wildman–Crippen MR) is 247 cm³/mol. The van der Waals surface area contributed by atoms with Gasteiger partial charge in [0, 0.05) is 49.4 Å². The average Bonchev–Trinajstić information content (AvgIpc) is 3.90. The van der Waals surface area contributed by atoms with Crippen molar-refractivity contribution in [2.24, 2.45) is 0 Å². The Labute approximate surface area is 345 Å². The summed E-state index contributed by atoms with van der Waals surface area (Å²) in [6.45, 7) is 0. The van der Waals surface area contributed by atoms with Crippen molar-refractivity contribution >= 4 is 54.6 Å². The van der Waals surface area contributed by atoms with E-state index in [4.69, 9.17) is 18.8 Å². The van der Waals surface area contributed by atoms with E-state index in [1.165, 1.54) is 10.9 Å². The molecule has 3 heterocycles. The molecule has 0 saturated heterocycles. The molecule has 0 bridgehead atoms. The number of benzene rings is 9. The van der Waals surface area contributed by atoms with Crippen LogP contribution in [-0.4, -0.2) is 9.97 Å². The summed E-state index contributed by atoms with van der Waals surface area (Å²) in [7, 11) is 0. The minimum absolute atomic E-state index is 0.658. The minimum atomic E-state index is 0.658. The van der Waals surface area contributed by atoms with Gasteiger partial charge >= 0.3 is 0 Å². The van der Waals surface area contributed by atoms with Gasteiger partial charge in [0.25, 0.3) is 0 Å². The van der Waals surface area contributed by atoms with Gasteiger partial charge in [-0.1, -0.05) is 164 Å². The number of furan rings is 2. The fourth-order valence-electron chi connectivity index (χ4n) is 8.70. The topological polar surface area (TPSA) is 52.1 Å². The lowest BCUT2D eigenvalue weighted by Gasteiger charge is -2.14. The smallest absolute Gasteiger partial charge is 0.160 e. The maximum absolute atomic E-state index is 6.63. The second kappa shape index (κ2) is 13.8. The molecule has 0 amide bonds. The first-order valence-corrected chi connectivity index (χ1v) is 20.2. The molecule has 12 rings (SSSR count). The zero-order valence-corrected chi connectivity index (χ0v) is 32.3. The molecule has 0 aliphatic heterocycles. The van der Waals surface area contributed by atoms with E-state index in [9.17, 15) is 0 Å². The summed E-state index contributed by atoms with van der Waals surface area (Å²) in [6, 6.07) is 72.1. The first-order valence-electron chi connectivity index (χ1n) is 20.2. The van der Waals surface area contributed by atoms with Gasteiger partial charge in [-0.25, -0.2) is 9.97 Å². The molecule has 9 aromatic carbocycles. The molecule has 280 valence electrons. The normalized spacial score (nSPS) is 11.7. The summed E-state index contributed by atoms with van der Waals surface area (Å²) in [5.74, 6) is 0.658. The Hall–Kier alpha value is -8.08. The van der Waals surface area contributed by atoms with E-state index in [2.05, 4.69) is 176 Å². The van der Waals surface area contributed by atoms with Crippen molar-refractivity contribution in [3.8, 4) is 67.3 Å². The lowest BCUT2D eigenvalue weighted by Crippen LogP contribution is -1.97. The lowest BCUT2D eigenvalue weighted by molar-refractivity contribution is 0.670. The van der Waals surface area contributed by atoms with E-state index in [0.717, 1.165) is 105 Å². The van der Waals surface area contributed by atoms with E-state index in [1.54, 1.807) is 0 Å². The molecule has 0 N–H and O–H groups in total. The van der Waals surface area contributed by atoms with Crippen LogP contribution in [0.15, 0.2) is 215 Å². The molecule has 0 fully saturated rings. The fourth-order valence-corrected chi connectivity index (χ4v) is 8.70. The Balaban J connectivity index is 1.10. The van der Waals surface area contributed by atoms with Crippen LogP contribution < -0.4 is 0 Å². The average molecular weight is 767 g/mol. The van der Waals surface area contributed by atoms with Crippen LogP contribution in [0.25, 0.3) is 122 Å². The number of aromatic nitrogens is 2.